The zero-order chi connectivity index (χ0) is 23.7. The average Bonchev–Trinajstić information content (AvgIpc) is 3.43. The highest BCUT2D eigenvalue weighted by atomic mass is 35.5. The van der Waals surface area contributed by atoms with Crippen molar-refractivity contribution in [2.75, 3.05) is 20.2 Å². The van der Waals surface area contributed by atoms with E-state index in [1.807, 2.05) is 42.6 Å². The summed E-state index contributed by atoms with van der Waals surface area (Å²) >= 11 is 6.18. The smallest absolute Gasteiger partial charge is 0.237 e. The first kappa shape index (κ1) is 22.8. The summed E-state index contributed by atoms with van der Waals surface area (Å²) in [6.45, 7) is 2.72. The van der Waals surface area contributed by atoms with Gasteiger partial charge in [0.2, 0.25) is 5.91 Å². The molecule has 3 heterocycles. The number of ether oxygens (including phenoxy) is 1. The third kappa shape index (κ3) is 4.78. The summed E-state index contributed by atoms with van der Waals surface area (Å²) in [7, 11) is 1.65. The number of methoxy groups -OCH3 is 1. The number of fused-ring (bicyclic) bond motifs is 2. The molecule has 5 rings (SSSR count). The quantitative estimate of drug-likeness (QED) is 0.322. The van der Waals surface area contributed by atoms with Gasteiger partial charge in [-0.1, -0.05) is 11.6 Å². The molecule has 4 aromatic rings. The third-order valence-electron chi connectivity index (χ3n) is 6.81. The van der Waals surface area contributed by atoms with E-state index in [-0.39, 0.29) is 11.9 Å². The van der Waals surface area contributed by atoms with E-state index in [0.29, 0.717) is 6.42 Å². The fourth-order valence-corrected chi connectivity index (χ4v) is 5.02. The van der Waals surface area contributed by atoms with Gasteiger partial charge in [-0.05, 0) is 66.8 Å². The number of aromatic nitrogens is 2. The molecule has 8 heteroatoms. The number of H-pyrrole nitrogens is 2. The minimum Gasteiger partial charge on any atom is -0.497 e. The summed E-state index contributed by atoms with van der Waals surface area (Å²) in [5.41, 5.74) is 10.7. The van der Waals surface area contributed by atoms with Gasteiger partial charge in [-0.3, -0.25) is 9.69 Å². The van der Waals surface area contributed by atoms with Crippen molar-refractivity contribution >= 4 is 39.3 Å². The van der Waals surface area contributed by atoms with E-state index in [1.54, 1.807) is 7.11 Å². The maximum absolute atomic E-state index is 12.8. The summed E-state index contributed by atoms with van der Waals surface area (Å²) in [5.74, 6) is 0.691. The molecule has 1 aliphatic rings. The van der Waals surface area contributed by atoms with Crippen LogP contribution >= 0.6 is 11.6 Å². The van der Waals surface area contributed by atoms with Crippen molar-refractivity contribution in [2.45, 2.75) is 37.9 Å². The molecule has 2 aromatic carbocycles. The van der Waals surface area contributed by atoms with Crippen LogP contribution in [0.1, 0.15) is 24.0 Å². The fourth-order valence-electron chi connectivity index (χ4n) is 4.85. The highest BCUT2D eigenvalue weighted by Crippen LogP contribution is 2.26. The molecule has 7 nitrogen and oxygen atoms in total. The summed E-state index contributed by atoms with van der Waals surface area (Å²) in [5, 5.41) is 6.12. The van der Waals surface area contributed by atoms with Crippen LogP contribution in [0.25, 0.3) is 21.8 Å². The summed E-state index contributed by atoms with van der Waals surface area (Å²) < 4.78 is 5.33. The van der Waals surface area contributed by atoms with Crippen LogP contribution < -0.4 is 15.8 Å². The SMILES string of the molecule is COc1ccc2[nH]cc(C[C@H](N)C(=O)NC3CCN(Cc4c[nH]c5ccc(Cl)cc45)CC3)c2c1. The van der Waals surface area contributed by atoms with E-state index < -0.39 is 6.04 Å². The lowest BCUT2D eigenvalue weighted by Crippen LogP contribution is -2.50. The van der Waals surface area contributed by atoms with Gasteiger partial charge in [-0.15, -0.1) is 0 Å². The Morgan fingerprint density at radius 2 is 1.79 bits per heavy atom. The molecule has 0 spiro atoms. The highest BCUT2D eigenvalue weighted by Gasteiger charge is 2.24. The highest BCUT2D eigenvalue weighted by molar-refractivity contribution is 6.31. The first-order valence-electron chi connectivity index (χ1n) is 11.7. The molecule has 178 valence electrons. The molecule has 34 heavy (non-hydrogen) atoms. The Labute approximate surface area is 203 Å². The van der Waals surface area contributed by atoms with E-state index in [1.165, 1.54) is 10.9 Å². The number of likely N-dealkylation sites (tertiary alicyclic amines) is 1. The minimum absolute atomic E-state index is 0.0954. The molecule has 5 N–H and O–H groups in total. The molecule has 0 aliphatic carbocycles. The Kier molecular flexibility index (Phi) is 6.50. The lowest BCUT2D eigenvalue weighted by molar-refractivity contribution is -0.123. The van der Waals surface area contributed by atoms with Crippen LogP contribution in [0.3, 0.4) is 0 Å². The van der Waals surface area contributed by atoms with Gasteiger partial charge in [0.05, 0.1) is 13.2 Å². The van der Waals surface area contributed by atoms with Crippen molar-refractivity contribution < 1.29 is 9.53 Å². The van der Waals surface area contributed by atoms with Crippen LogP contribution in [-0.2, 0) is 17.8 Å². The van der Waals surface area contributed by atoms with Crippen LogP contribution in [0.4, 0.5) is 0 Å². The Morgan fingerprint density at radius 1 is 1.12 bits per heavy atom. The predicted molar refractivity (Wildman–Crippen MR) is 136 cm³/mol. The van der Waals surface area contributed by atoms with Gasteiger partial charge in [-0.25, -0.2) is 0 Å². The van der Waals surface area contributed by atoms with Crippen molar-refractivity contribution in [3.63, 3.8) is 0 Å². The zero-order valence-electron chi connectivity index (χ0n) is 19.2. The number of carbonyl (C=O) groups is 1. The number of piperidine rings is 1. The van der Waals surface area contributed by atoms with E-state index in [2.05, 4.69) is 26.4 Å². The molecule has 0 radical (unpaired) electrons. The van der Waals surface area contributed by atoms with Gasteiger partial charge in [0.15, 0.2) is 0 Å². The molecule has 1 fully saturated rings. The number of benzene rings is 2. The van der Waals surface area contributed by atoms with Crippen molar-refractivity contribution in [1.29, 1.82) is 0 Å². The van der Waals surface area contributed by atoms with E-state index >= 15 is 0 Å². The zero-order valence-corrected chi connectivity index (χ0v) is 20.0. The van der Waals surface area contributed by atoms with Gasteiger partial charge in [-0.2, -0.15) is 0 Å². The minimum atomic E-state index is -0.598. The van der Waals surface area contributed by atoms with Crippen molar-refractivity contribution in [1.82, 2.24) is 20.2 Å². The van der Waals surface area contributed by atoms with E-state index in [0.717, 1.165) is 65.2 Å². The Balaban J connectivity index is 1.14. The fraction of sp³-hybridized carbons (Fsp3) is 0.346. The molecule has 0 unspecified atom stereocenters. The van der Waals surface area contributed by atoms with Crippen molar-refractivity contribution in [2.24, 2.45) is 5.73 Å². The Bertz CT molecular complexity index is 1310. The van der Waals surface area contributed by atoms with Gasteiger partial charge in [0.25, 0.3) is 0 Å². The summed E-state index contributed by atoms with van der Waals surface area (Å²) in [4.78, 5) is 21.8. The number of nitrogens with two attached hydrogens (primary N) is 1. The third-order valence-corrected chi connectivity index (χ3v) is 7.04. The number of carbonyl (C=O) groups excluding carboxylic acids is 1. The average molecular weight is 480 g/mol. The van der Waals surface area contributed by atoms with Crippen molar-refractivity contribution in [3.8, 4) is 5.75 Å². The second-order valence-corrected chi connectivity index (χ2v) is 9.54. The molecule has 0 bridgehead atoms. The monoisotopic (exact) mass is 479 g/mol. The predicted octanol–water partition coefficient (Wildman–Crippen LogP) is 3.96. The number of aromatic amines is 2. The first-order chi connectivity index (χ1) is 16.5. The van der Waals surface area contributed by atoms with Crippen molar-refractivity contribution in [3.05, 3.63) is 64.9 Å². The second kappa shape index (κ2) is 9.70. The molecule has 1 amide bonds. The Morgan fingerprint density at radius 3 is 2.53 bits per heavy atom. The van der Waals surface area contributed by atoms with Gasteiger partial charge in [0, 0.05) is 64.9 Å². The maximum Gasteiger partial charge on any atom is 0.237 e. The molecule has 2 aromatic heterocycles. The maximum atomic E-state index is 12.8. The topological polar surface area (TPSA) is 99.2 Å². The normalized spacial score (nSPS) is 16.2. The van der Waals surface area contributed by atoms with Crippen LogP contribution in [0.15, 0.2) is 48.8 Å². The second-order valence-electron chi connectivity index (χ2n) is 9.10. The summed E-state index contributed by atoms with van der Waals surface area (Å²) in [6.07, 6.45) is 6.28. The van der Waals surface area contributed by atoms with Crippen LogP contribution in [-0.4, -0.2) is 53.1 Å². The molecule has 1 atom stereocenters. The number of hydrogen-bond acceptors (Lipinski definition) is 4. The van der Waals surface area contributed by atoms with Gasteiger partial charge in [0.1, 0.15) is 5.75 Å². The standard InChI is InChI=1S/C26H30ClN5O2/c1-34-20-3-5-25-22(12-20)16(13-29-25)10-23(28)26(33)31-19-6-8-32(9-7-19)15-17-14-30-24-4-2-18(27)11-21(17)24/h2-5,11-14,19,23,29-30H,6-10,15,28H2,1H3,(H,31,33)/t23-/m0/s1. The van der Waals surface area contributed by atoms with E-state index in [4.69, 9.17) is 22.1 Å². The number of rotatable bonds is 7. The van der Waals surface area contributed by atoms with Gasteiger partial charge >= 0.3 is 0 Å². The van der Waals surface area contributed by atoms with Gasteiger partial charge < -0.3 is 25.8 Å². The molecule has 0 saturated carbocycles. The summed E-state index contributed by atoms with van der Waals surface area (Å²) in [6, 6.07) is 11.3. The number of nitrogens with zero attached hydrogens (tertiary/aromatic N) is 1. The molecular formula is C26H30ClN5O2. The van der Waals surface area contributed by atoms with Crippen LogP contribution in [0, 0.1) is 0 Å². The Hall–Kier alpha value is -3.00. The molecular weight excluding hydrogens is 450 g/mol. The number of hydrogen-bond donors (Lipinski definition) is 4. The first-order valence-corrected chi connectivity index (χ1v) is 12.1. The number of nitrogens with one attached hydrogen (secondary N) is 3. The molecule has 1 saturated heterocycles. The van der Waals surface area contributed by atoms with E-state index in [9.17, 15) is 4.79 Å². The molecule has 1 aliphatic heterocycles. The number of amides is 1. The van der Waals surface area contributed by atoms with Crippen LogP contribution in [0.5, 0.6) is 5.75 Å². The number of halogens is 1. The largest absolute Gasteiger partial charge is 0.497 e. The lowest BCUT2D eigenvalue weighted by atomic mass is 10.0. The lowest BCUT2D eigenvalue weighted by Gasteiger charge is -2.32. The van der Waals surface area contributed by atoms with Crippen LogP contribution in [0.2, 0.25) is 5.02 Å².